The smallest absolute Gasteiger partial charge is 0.270 e. The molecule has 6 nitrogen and oxygen atoms in total. The third-order valence-corrected chi connectivity index (χ3v) is 5.81. The van der Waals surface area contributed by atoms with E-state index in [1.807, 2.05) is 68.7 Å². The van der Waals surface area contributed by atoms with Gasteiger partial charge in [-0.05, 0) is 93.0 Å². The maximum Gasteiger partial charge on any atom is 0.270 e. The number of nitrogens with one attached hydrogen (secondary N) is 1. The number of benzene rings is 1. The molecule has 1 fully saturated rings. The summed E-state index contributed by atoms with van der Waals surface area (Å²) in [6.07, 6.45) is 5.12. The number of rotatable bonds is 3. The van der Waals surface area contributed by atoms with Gasteiger partial charge in [-0.1, -0.05) is 6.07 Å². The summed E-state index contributed by atoms with van der Waals surface area (Å²) in [5.74, 6) is -0.940. The van der Waals surface area contributed by atoms with Crippen LogP contribution < -0.4 is 10.2 Å². The van der Waals surface area contributed by atoms with Crippen molar-refractivity contribution in [2.45, 2.75) is 27.7 Å². The van der Waals surface area contributed by atoms with Gasteiger partial charge in [-0.25, -0.2) is 0 Å². The molecule has 2 aromatic heterocycles. The van der Waals surface area contributed by atoms with Gasteiger partial charge >= 0.3 is 0 Å². The number of carbonyl (C=O) groups is 2. The van der Waals surface area contributed by atoms with Crippen LogP contribution in [0.15, 0.2) is 54.4 Å². The third kappa shape index (κ3) is 3.68. The van der Waals surface area contributed by atoms with Crippen LogP contribution in [0.2, 0.25) is 0 Å². The van der Waals surface area contributed by atoms with Crippen molar-refractivity contribution in [3.63, 3.8) is 0 Å². The van der Waals surface area contributed by atoms with Crippen molar-refractivity contribution in [2.24, 2.45) is 0 Å². The topological polar surface area (TPSA) is 67.2 Å². The van der Waals surface area contributed by atoms with Crippen LogP contribution in [0.1, 0.15) is 28.1 Å². The molecule has 0 spiro atoms. The number of aryl methyl sites for hydroxylation is 3. The Labute approximate surface area is 186 Å². The molecule has 1 saturated heterocycles. The second-order valence-electron chi connectivity index (χ2n) is 7.60. The Balaban J connectivity index is 1.77. The predicted molar refractivity (Wildman–Crippen MR) is 125 cm³/mol. The zero-order valence-electron chi connectivity index (χ0n) is 17.8. The van der Waals surface area contributed by atoms with Gasteiger partial charge in [0, 0.05) is 17.6 Å². The van der Waals surface area contributed by atoms with Crippen molar-refractivity contribution in [1.29, 1.82) is 0 Å². The molecule has 0 unspecified atom stereocenters. The molecule has 1 aliphatic rings. The summed E-state index contributed by atoms with van der Waals surface area (Å²) < 4.78 is 2.04. The van der Waals surface area contributed by atoms with E-state index in [-0.39, 0.29) is 10.7 Å². The molecule has 0 atom stereocenters. The number of amides is 2. The lowest BCUT2D eigenvalue weighted by molar-refractivity contribution is -0.122. The average molecular weight is 431 g/mol. The van der Waals surface area contributed by atoms with Crippen LogP contribution in [0.3, 0.4) is 0 Å². The van der Waals surface area contributed by atoms with Crippen LogP contribution >= 0.6 is 12.2 Å². The van der Waals surface area contributed by atoms with E-state index < -0.39 is 11.8 Å². The molecule has 1 aromatic carbocycles. The zero-order valence-corrected chi connectivity index (χ0v) is 18.6. The van der Waals surface area contributed by atoms with E-state index in [1.165, 1.54) is 4.90 Å². The van der Waals surface area contributed by atoms with Gasteiger partial charge in [0.1, 0.15) is 5.57 Å². The second-order valence-corrected chi connectivity index (χ2v) is 7.99. The van der Waals surface area contributed by atoms with Gasteiger partial charge in [0.2, 0.25) is 0 Å². The molecule has 0 bridgehead atoms. The van der Waals surface area contributed by atoms with Gasteiger partial charge in [0.15, 0.2) is 5.11 Å². The van der Waals surface area contributed by atoms with Gasteiger partial charge in [-0.2, -0.15) is 0 Å². The number of aromatic nitrogens is 2. The number of pyridine rings is 1. The van der Waals surface area contributed by atoms with Crippen LogP contribution in [0, 0.1) is 27.7 Å². The largest absolute Gasteiger partial charge is 0.316 e. The van der Waals surface area contributed by atoms with Crippen LogP contribution in [0.25, 0.3) is 11.8 Å². The molecular formula is C24H22N4O2S. The molecule has 1 aliphatic heterocycles. The van der Waals surface area contributed by atoms with Crippen molar-refractivity contribution < 1.29 is 9.59 Å². The summed E-state index contributed by atoms with van der Waals surface area (Å²) in [6, 6.07) is 11.4. The minimum absolute atomic E-state index is 0.0401. The maximum absolute atomic E-state index is 13.3. The van der Waals surface area contributed by atoms with E-state index in [0.717, 1.165) is 33.8 Å². The molecule has 0 aliphatic carbocycles. The van der Waals surface area contributed by atoms with E-state index in [0.29, 0.717) is 5.69 Å². The Hall–Kier alpha value is -3.58. The fraction of sp³-hybridized carbons (Fsp3) is 0.167. The summed E-state index contributed by atoms with van der Waals surface area (Å²) in [5.41, 5.74) is 6.40. The molecule has 7 heteroatoms. The maximum atomic E-state index is 13.3. The molecule has 156 valence electrons. The van der Waals surface area contributed by atoms with Crippen molar-refractivity contribution in [3.05, 3.63) is 82.4 Å². The molecule has 1 N–H and O–H groups in total. The first-order valence-electron chi connectivity index (χ1n) is 9.86. The van der Waals surface area contributed by atoms with Gasteiger partial charge in [-0.15, -0.1) is 0 Å². The standard InChI is InChI=1S/C24H22N4O2S/c1-14-7-8-19(10-15(14)2)28-23(30)21(22(29)26-24(28)31)12-18-11-16(3)27(17(18)4)20-6-5-9-25-13-20/h5-13H,1-4H3,(H,26,29,31)/b21-12+. The van der Waals surface area contributed by atoms with Crippen LogP contribution in [-0.4, -0.2) is 26.5 Å². The van der Waals surface area contributed by atoms with E-state index in [9.17, 15) is 9.59 Å². The van der Waals surface area contributed by atoms with E-state index in [2.05, 4.69) is 10.3 Å². The highest BCUT2D eigenvalue weighted by Gasteiger charge is 2.34. The van der Waals surface area contributed by atoms with Gasteiger partial charge in [-0.3, -0.25) is 24.8 Å². The van der Waals surface area contributed by atoms with Crippen LogP contribution in [0.5, 0.6) is 0 Å². The minimum atomic E-state index is -0.499. The molecule has 0 radical (unpaired) electrons. The predicted octanol–water partition coefficient (Wildman–Crippen LogP) is 3.94. The lowest BCUT2D eigenvalue weighted by Crippen LogP contribution is -2.54. The van der Waals surface area contributed by atoms with Gasteiger partial charge in [0.25, 0.3) is 11.8 Å². The quantitative estimate of drug-likeness (QED) is 0.388. The Morgan fingerprint density at radius 1 is 1.00 bits per heavy atom. The van der Waals surface area contributed by atoms with Crippen molar-refractivity contribution >= 4 is 40.9 Å². The molecule has 2 amide bonds. The highest BCUT2D eigenvalue weighted by atomic mass is 32.1. The number of anilines is 1. The summed E-state index contributed by atoms with van der Waals surface area (Å²) in [5, 5.41) is 2.73. The first kappa shape index (κ1) is 20.7. The normalized spacial score (nSPS) is 15.5. The lowest BCUT2D eigenvalue weighted by Gasteiger charge is -2.29. The van der Waals surface area contributed by atoms with Crippen molar-refractivity contribution in [3.8, 4) is 5.69 Å². The van der Waals surface area contributed by atoms with Crippen LogP contribution in [0.4, 0.5) is 5.69 Å². The fourth-order valence-corrected chi connectivity index (χ4v) is 4.01. The Bertz CT molecular complexity index is 1260. The number of thiocarbonyl (C=S) groups is 1. The Morgan fingerprint density at radius 3 is 2.45 bits per heavy atom. The highest BCUT2D eigenvalue weighted by molar-refractivity contribution is 7.80. The summed E-state index contributed by atoms with van der Waals surface area (Å²) in [7, 11) is 0. The molecule has 4 rings (SSSR count). The number of hydrogen-bond acceptors (Lipinski definition) is 4. The van der Waals surface area contributed by atoms with Crippen molar-refractivity contribution in [1.82, 2.24) is 14.9 Å². The first-order chi connectivity index (χ1) is 14.8. The van der Waals surface area contributed by atoms with E-state index >= 15 is 0 Å². The third-order valence-electron chi connectivity index (χ3n) is 5.52. The first-order valence-corrected chi connectivity index (χ1v) is 10.3. The molecule has 3 heterocycles. The molecule has 31 heavy (non-hydrogen) atoms. The Kier molecular flexibility index (Phi) is 5.29. The Morgan fingerprint density at radius 2 is 1.77 bits per heavy atom. The number of nitrogens with zero attached hydrogens (tertiary/aromatic N) is 3. The molecule has 0 saturated carbocycles. The molecular weight excluding hydrogens is 408 g/mol. The number of hydrogen-bond donors (Lipinski definition) is 1. The fourth-order valence-electron chi connectivity index (χ4n) is 3.73. The lowest BCUT2D eigenvalue weighted by atomic mass is 10.1. The molecule has 3 aromatic rings. The second kappa shape index (κ2) is 7.92. The number of carbonyl (C=O) groups excluding carboxylic acids is 2. The summed E-state index contributed by atoms with van der Waals surface area (Å²) >= 11 is 5.31. The van der Waals surface area contributed by atoms with Crippen LogP contribution in [-0.2, 0) is 9.59 Å². The summed E-state index contributed by atoms with van der Waals surface area (Å²) in [6.45, 7) is 7.89. The monoisotopic (exact) mass is 430 g/mol. The van der Waals surface area contributed by atoms with Gasteiger partial charge < -0.3 is 4.57 Å². The highest BCUT2D eigenvalue weighted by Crippen LogP contribution is 2.26. The average Bonchev–Trinajstić information content (AvgIpc) is 3.01. The van der Waals surface area contributed by atoms with E-state index in [1.54, 1.807) is 18.5 Å². The van der Waals surface area contributed by atoms with E-state index in [4.69, 9.17) is 12.2 Å². The summed E-state index contributed by atoms with van der Waals surface area (Å²) in [4.78, 5) is 31.5. The van der Waals surface area contributed by atoms with Gasteiger partial charge in [0.05, 0.1) is 17.6 Å². The SMILES string of the molecule is Cc1ccc(N2C(=O)/C(=C/c3cc(C)n(-c4cccnc4)c3C)C(=O)NC2=S)cc1C. The zero-order chi connectivity index (χ0) is 22.3. The minimum Gasteiger partial charge on any atom is -0.316 e. The van der Waals surface area contributed by atoms with Crippen molar-refractivity contribution in [2.75, 3.05) is 4.90 Å².